The number of nitrogens with zero attached hydrogens (tertiary/aromatic N) is 1. The van der Waals surface area contributed by atoms with Gasteiger partial charge in [-0.2, -0.15) is 0 Å². The highest BCUT2D eigenvalue weighted by Gasteiger charge is 2.30. The molecule has 0 aromatic rings. The Bertz CT molecular complexity index is 301. The van der Waals surface area contributed by atoms with Crippen LogP contribution in [0, 0.1) is 11.8 Å². The van der Waals surface area contributed by atoms with E-state index in [9.17, 15) is 9.90 Å². The normalized spacial score (nSPS) is 39.6. The topological polar surface area (TPSA) is 40.5 Å². The van der Waals surface area contributed by atoms with E-state index in [0.717, 1.165) is 58.2 Å². The highest BCUT2D eigenvalue weighted by atomic mass is 16.3. The van der Waals surface area contributed by atoms with E-state index in [1.165, 1.54) is 0 Å². The lowest BCUT2D eigenvalue weighted by Gasteiger charge is -2.30. The highest BCUT2D eigenvalue weighted by molar-refractivity contribution is 5.81. The van der Waals surface area contributed by atoms with Crippen LogP contribution in [0.5, 0.6) is 0 Å². The van der Waals surface area contributed by atoms with Crippen LogP contribution in [-0.4, -0.2) is 41.0 Å². The van der Waals surface area contributed by atoms with Crippen molar-refractivity contribution in [2.75, 3.05) is 19.6 Å². The molecule has 1 heterocycles. The zero-order valence-electron chi connectivity index (χ0n) is 11.8. The van der Waals surface area contributed by atoms with Gasteiger partial charge in [0.25, 0.3) is 0 Å². The molecule has 18 heavy (non-hydrogen) atoms. The Labute approximate surface area is 111 Å². The highest BCUT2D eigenvalue weighted by Crippen LogP contribution is 2.28. The minimum atomic E-state index is -0.501. The van der Waals surface area contributed by atoms with Crippen LogP contribution in [-0.2, 0) is 4.79 Å². The van der Waals surface area contributed by atoms with Crippen LogP contribution >= 0.6 is 0 Å². The smallest absolute Gasteiger partial charge is 0.137 e. The summed E-state index contributed by atoms with van der Waals surface area (Å²) in [5.41, 5.74) is -0.501. The fourth-order valence-corrected chi connectivity index (χ4v) is 3.32. The monoisotopic (exact) mass is 253 g/mol. The molecule has 1 aliphatic heterocycles. The maximum Gasteiger partial charge on any atom is 0.137 e. The fraction of sp³-hybridized carbons (Fsp3) is 0.933. The van der Waals surface area contributed by atoms with E-state index in [0.29, 0.717) is 11.7 Å². The summed E-state index contributed by atoms with van der Waals surface area (Å²) in [5.74, 6) is 1.41. The Kier molecular flexibility index (Phi) is 4.44. The van der Waals surface area contributed by atoms with Gasteiger partial charge in [0.1, 0.15) is 5.78 Å². The van der Waals surface area contributed by atoms with Crippen molar-refractivity contribution in [2.24, 2.45) is 11.8 Å². The molecule has 0 aromatic heterocycles. The van der Waals surface area contributed by atoms with Crippen molar-refractivity contribution in [1.29, 1.82) is 0 Å². The molecule has 1 N–H and O–H groups in total. The van der Waals surface area contributed by atoms with Crippen molar-refractivity contribution in [3.63, 3.8) is 0 Å². The predicted molar refractivity (Wildman–Crippen MR) is 72.4 cm³/mol. The van der Waals surface area contributed by atoms with Gasteiger partial charge in [-0.15, -0.1) is 0 Å². The van der Waals surface area contributed by atoms with E-state index in [2.05, 4.69) is 11.8 Å². The number of hydrogen-bond donors (Lipinski definition) is 1. The number of aliphatic hydroxyl groups is 1. The second-order valence-corrected chi connectivity index (χ2v) is 6.69. The summed E-state index contributed by atoms with van der Waals surface area (Å²) in [5, 5.41) is 10.1. The summed E-state index contributed by atoms with van der Waals surface area (Å²) in [7, 11) is 0. The van der Waals surface area contributed by atoms with Gasteiger partial charge in [-0.25, -0.2) is 0 Å². The van der Waals surface area contributed by atoms with Gasteiger partial charge in [0.2, 0.25) is 0 Å². The molecule has 0 amide bonds. The summed E-state index contributed by atoms with van der Waals surface area (Å²) >= 11 is 0. The molecule has 0 bridgehead atoms. The first-order valence-corrected chi connectivity index (χ1v) is 7.44. The second kappa shape index (κ2) is 5.70. The molecule has 1 aliphatic carbocycles. The average Bonchev–Trinajstić information content (AvgIpc) is 2.46. The SMILES string of the molecule is CC1CCC(=O)C(CN2CCCC(C)(O)CC2)C1. The quantitative estimate of drug-likeness (QED) is 0.820. The summed E-state index contributed by atoms with van der Waals surface area (Å²) in [6, 6.07) is 0. The zero-order chi connectivity index (χ0) is 13.2. The van der Waals surface area contributed by atoms with Crippen LogP contribution in [0.2, 0.25) is 0 Å². The first-order chi connectivity index (χ1) is 8.46. The van der Waals surface area contributed by atoms with Crippen molar-refractivity contribution in [2.45, 2.75) is 58.0 Å². The molecule has 2 fully saturated rings. The first-order valence-electron chi connectivity index (χ1n) is 7.44. The lowest BCUT2D eigenvalue weighted by atomic mass is 9.81. The number of rotatable bonds is 2. The van der Waals surface area contributed by atoms with Gasteiger partial charge < -0.3 is 10.0 Å². The van der Waals surface area contributed by atoms with Crippen molar-refractivity contribution in [3.8, 4) is 0 Å². The molecule has 0 radical (unpaired) electrons. The standard InChI is InChI=1S/C15H27NO2/c1-12-4-5-14(17)13(10-12)11-16-8-3-6-15(2,18)7-9-16/h12-13,18H,3-11H2,1-2H3. The van der Waals surface area contributed by atoms with Gasteiger partial charge in [-0.3, -0.25) is 4.79 Å². The average molecular weight is 253 g/mol. The Morgan fingerprint density at radius 3 is 2.94 bits per heavy atom. The molecule has 2 aliphatic rings. The van der Waals surface area contributed by atoms with Crippen LogP contribution < -0.4 is 0 Å². The largest absolute Gasteiger partial charge is 0.390 e. The van der Waals surface area contributed by atoms with E-state index in [1.54, 1.807) is 0 Å². The third-order valence-electron chi connectivity index (χ3n) is 4.66. The van der Waals surface area contributed by atoms with E-state index in [4.69, 9.17) is 0 Å². The molecular formula is C15H27NO2. The molecule has 0 aromatic carbocycles. The van der Waals surface area contributed by atoms with E-state index < -0.39 is 5.60 Å². The molecule has 3 heteroatoms. The van der Waals surface area contributed by atoms with Crippen LogP contribution in [0.1, 0.15) is 52.4 Å². The number of likely N-dealkylation sites (tertiary alicyclic amines) is 1. The third-order valence-corrected chi connectivity index (χ3v) is 4.66. The second-order valence-electron chi connectivity index (χ2n) is 6.69. The Hall–Kier alpha value is -0.410. The summed E-state index contributed by atoms with van der Waals surface area (Å²) in [6.45, 7) is 7.08. The molecule has 1 saturated carbocycles. The Balaban J connectivity index is 1.87. The lowest BCUT2D eigenvalue weighted by Crippen LogP contribution is -2.37. The first kappa shape index (κ1) is 14.0. The predicted octanol–water partition coefficient (Wildman–Crippen LogP) is 2.23. The van der Waals surface area contributed by atoms with Crippen molar-refractivity contribution in [1.82, 2.24) is 4.90 Å². The van der Waals surface area contributed by atoms with Crippen LogP contribution in [0.4, 0.5) is 0 Å². The molecule has 1 saturated heterocycles. The molecule has 3 unspecified atom stereocenters. The zero-order valence-corrected chi connectivity index (χ0v) is 11.8. The molecular weight excluding hydrogens is 226 g/mol. The van der Waals surface area contributed by atoms with Crippen LogP contribution in [0.3, 0.4) is 0 Å². The maximum atomic E-state index is 12.0. The molecule has 3 nitrogen and oxygen atoms in total. The Morgan fingerprint density at radius 1 is 1.39 bits per heavy atom. The van der Waals surface area contributed by atoms with Gasteiger partial charge in [-0.1, -0.05) is 6.92 Å². The van der Waals surface area contributed by atoms with Crippen molar-refractivity contribution >= 4 is 5.78 Å². The van der Waals surface area contributed by atoms with E-state index in [1.807, 2.05) is 6.92 Å². The van der Waals surface area contributed by atoms with Gasteiger partial charge >= 0.3 is 0 Å². The van der Waals surface area contributed by atoms with Gasteiger partial charge in [0.15, 0.2) is 0 Å². The van der Waals surface area contributed by atoms with E-state index in [-0.39, 0.29) is 5.92 Å². The van der Waals surface area contributed by atoms with Crippen LogP contribution in [0.15, 0.2) is 0 Å². The summed E-state index contributed by atoms with van der Waals surface area (Å²) in [4.78, 5) is 14.3. The number of carbonyl (C=O) groups excluding carboxylic acids is 1. The molecule has 104 valence electrons. The minimum Gasteiger partial charge on any atom is -0.390 e. The van der Waals surface area contributed by atoms with Gasteiger partial charge in [0, 0.05) is 25.4 Å². The lowest BCUT2D eigenvalue weighted by molar-refractivity contribution is -0.126. The van der Waals surface area contributed by atoms with Gasteiger partial charge in [0.05, 0.1) is 5.60 Å². The number of ketones is 1. The summed E-state index contributed by atoms with van der Waals surface area (Å²) in [6.07, 6.45) is 5.68. The van der Waals surface area contributed by atoms with Crippen molar-refractivity contribution < 1.29 is 9.90 Å². The maximum absolute atomic E-state index is 12.0. The molecule has 0 spiro atoms. The number of hydrogen-bond acceptors (Lipinski definition) is 3. The third kappa shape index (κ3) is 3.79. The van der Waals surface area contributed by atoms with E-state index >= 15 is 0 Å². The molecule has 2 rings (SSSR count). The fourth-order valence-electron chi connectivity index (χ4n) is 3.32. The van der Waals surface area contributed by atoms with Crippen molar-refractivity contribution in [3.05, 3.63) is 0 Å². The Morgan fingerprint density at radius 2 is 2.17 bits per heavy atom. The minimum absolute atomic E-state index is 0.247. The van der Waals surface area contributed by atoms with Crippen LogP contribution in [0.25, 0.3) is 0 Å². The number of Topliss-reactive ketones (excluding diaryl/α,β-unsaturated/α-hetero) is 1. The number of carbonyl (C=O) groups is 1. The summed E-state index contributed by atoms with van der Waals surface area (Å²) < 4.78 is 0. The van der Waals surface area contributed by atoms with Gasteiger partial charge in [-0.05, 0) is 51.5 Å². The molecule has 3 atom stereocenters.